The first kappa shape index (κ1) is 12.1. The van der Waals surface area contributed by atoms with E-state index in [2.05, 4.69) is 0 Å². The lowest BCUT2D eigenvalue weighted by Crippen LogP contribution is -2.57. The van der Waals surface area contributed by atoms with Gasteiger partial charge in [-0.2, -0.15) is 0 Å². The van der Waals surface area contributed by atoms with Crippen LogP contribution in [-0.4, -0.2) is 22.8 Å². The predicted octanol–water partition coefficient (Wildman–Crippen LogP) is 2.74. The number of carbonyl (C=O) groups excluding carboxylic acids is 2. The molecule has 0 radical (unpaired) electrons. The van der Waals surface area contributed by atoms with E-state index in [-0.39, 0.29) is 17.9 Å². The van der Waals surface area contributed by atoms with Gasteiger partial charge in [-0.15, -0.1) is 0 Å². The molecule has 0 unspecified atom stereocenters. The molecule has 1 fully saturated rings. The van der Waals surface area contributed by atoms with Gasteiger partial charge in [0.25, 0.3) is 5.91 Å². The van der Waals surface area contributed by atoms with Crippen LogP contribution in [0.5, 0.6) is 0 Å². The minimum atomic E-state index is -0.225. The van der Waals surface area contributed by atoms with E-state index >= 15 is 0 Å². The molecule has 0 spiro atoms. The van der Waals surface area contributed by atoms with E-state index in [1.165, 1.54) is 4.90 Å². The molecule has 1 aliphatic heterocycles. The van der Waals surface area contributed by atoms with Gasteiger partial charge in [-0.1, -0.05) is 25.4 Å². The van der Waals surface area contributed by atoms with Crippen molar-refractivity contribution < 1.29 is 9.59 Å². The monoisotopic (exact) mass is 251 g/mol. The van der Waals surface area contributed by atoms with Gasteiger partial charge in [0.2, 0.25) is 5.91 Å². The second kappa shape index (κ2) is 4.49. The molecule has 90 valence electrons. The molecule has 1 heterocycles. The first-order chi connectivity index (χ1) is 8.00. The zero-order valence-corrected chi connectivity index (χ0v) is 10.6. The summed E-state index contributed by atoms with van der Waals surface area (Å²) in [4.78, 5) is 25.0. The molecule has 0 N–H and O–H groups in total. The molecule has 1 aliphatic rings. The first-order valence-electron chi connectivity index (χ1n) is 5.62. The fourth-order valence-corrected chi connectivity index (χ4v) is 2.10. The van der Waals surface area contributed by atoms with Crippen LogP contribution < -0.4 is 0 Å². The minimum absolute atomic E-state index is 0.0330. The molecule has 2 amide bonds. The van der Waals surface area contributed by atoms with Crippen molar-refractivity contribution >= 4 is 23.4 Å². The van der Waals surface area contributed by atoms with Gasteiger partial charge in [-0.25, -0.2) is 0 Å². The molecule has 0 saturated carbocycles. The Kier molecular flexibility index (Phi) is 3.20. The number of β-lactam (4-membered cyclic amide) rings is 1. The van der Waals surface area contributed by atoms with Gasteiger partial charge >= 0.3 is 0 Å². The third kappa shape index (κ3) is 2.20. The topological polar surface area (TPSA) is 37.4 Å². The van der Waals surface area contributed by atoms with E-state index in [9.17, 15) is 9.59 Å². The third-order valence-electron chi connectivity index (χ3n) is 3.06. The summed E-state index contributed by atoms with van der Waals surface area (Å²) in [5.41, 5.74) is 0.508. The van der Waals surface area contributed by atoms with Gasteiger partial charge in [-0.05, 0) is 30.2 Å². The Morgan fingerprint density at radius 2 is 1.94 bits per heavy atom. The minimum Gasteiger partial charge on any atom is -0.275 e. The van der Waals surface area contributed by atoms with Crippen molar-refractivity contribution in [3.63, 3.8) is 0 Å². The van der Waals surface area contributed by atoms with Crippen molar-refractivity contribution in [2.45, 2.75) is 26.3 Å². The number of amides is 2. The smallest absolute Gasteiger partial charge is 0.260 e. The predicted molar refractivity (Wildman–Crippen MR) is 65.9 cm³/mol. The van der Waals surface area contributed by atoms with Crippen LogP contribution in [0.15, 0.2) is 24.3 Å². The van der Waals surface area contributed by atoms with Gasteiger partial charge in [0, 0.05) is 17.0 Å². The summed E-state index contributed by atoms with van der Waals surface area (Å²) in [6.45, 7) is 4.03. The molecular weight excluding hydrogens is 238 g/mol. The van der Waals surface area contributed by atoms with E-state index in [0.29, 0.717) is 22.9 Å². The molecule has 3 nitrogen and oxygen atoms in total. The average Bonchev–Trinajstić information content (AvgIpc) is 2.26. The van der Waals surface area contributed by atoms with Crippen LogP contribution in [0.25, 0.3) is 0 Å². The van der Waals surface area contributed by atoms with Crippen LogP contribution in [0, 0.1) is 5.92 Å². The number of rotatable bonds is 2. The third-order valence-corrected chi connectivity index (χ3v) is 3.32. The maximum absolute atomic E-state index is 12.1. The maximum atomic E-state index is 12.1. The number of halogens is 1. The normalized spacial score (nSPS) is 19.4. The van der Waals surface area contributed by atoms with Crippen LogP contribution in [0.4, 0.5) is 0 Å². The number of likely N-dealkylation sites (tertiary alicyclic amines) is 1. The van der Waals surface area contributed by atoms with Gasteiger partial charge in [0.15, 0.2) is 0 Å². The number of carbonyl (C=O) groups is 2. The fourth-order valence-electron chi connectivity index (χ4n) is 1.97. The van der Waals surface area contributed by atoms with Crippen molar-refractivity contribution in [2.24, 2.45) is 5.92 Å². The molecule has 0 bridgehead atoms. The number of imide groups is 1. The van der Waals surface area contributed by atoms with Crippen molar-refractivity contribution in [1.29, 1.82) is 0 Å². The summed E-state index contributed by atoms with van der Waals surface area (Å²) in [6.07, 6.45) is 0.469. The zero-order valence-electron chi connectivity index (χ0n) is 9.81. The lowest BCUT2D eigenvalue weighted by atomic mass is 9.90. The second-order valence-electron chi connectivity index (χ2n) is 4.59. The van der Waals surface area contributed by atoms with Crippen molar-refractivity contribution in [3.05, 3.63) is 34.9 Å². The number of benzene rings is 1. The van der Waals surface area contributed by atoms with Crippen LogP contribution in [0.2, 0.25) is 5.02 Å². The SMILES string of the molecule is CC(C)[C@H]1CC(=O)N1C(=O)c1ccc(Cl)cc1. The van der Waals surface area contributed by atoms with E-state index in [4.69, 9.17) is 11.6 Å². The van der Waals surface area contributed by atoms with Gasteiger partial charge in [-0.3, -0.25) is 14.5 Å². The van der Waals surface area contributed by atoms with Crippen LogP contribution in [0.1, 0.15) is 30.6 Å². The van der Waals surface area contributed by atoms with Gasteiger partial charge < -0.3 is 0 Å². The molecule has 1 saturated heterocycles. The van der Waals surface area contributed by atoms with Crippen molar-refractivity contribution in [1.82, 2.24) is 4.90 Å². The van der Waals surface area contributed by atoms with Crippen molar-refractivity contribution in [2.75, 3.05) is 0 Å². The van der Waals surface area contributed by atoms with Gasteiger partial charge in [0.1, 0.15) is 0 Å². The molecule has 2 rings (SSSR count). The van der Waals surface area contributed by atoms with Crippen LogP contribution in [0.3, 0.4) is 0 Å². The van der Waals surface area contributed by atoms with E-state index in [1.807, 2.05) is 13.8 Å². The second-order valence-corrected chi connectivity index (χ2v) is 5.03. The van der Waals surface area contributed by atoms with Crippen LogP contribution in [-0.2, 0) is 4.79 Å². The molecule has 4 heteroatoms. The molecule has 1 atom stereocenters. The Hall–Kier alpha value is -1.35. The average molecular weight is 252 g/mol. The van der Waals surface area contributed by atoms with E-state index < -0.39 is 0 Å². The van der Waals surface area contributed by atoms with Crippen LogP contribution >= 0.6 is 11.6 Å². The van der Waals surface area contributed by atoms with E-state index in [0.717, 1.165) is 0 Å². The summed E-state index contributed by atoms with van der Waals surface area (Å²) >= 11 is 5.76. The molecule has 1 aromatic rings. The Morgan fingerprint density at radius 3 is 2.41 bits per heavy atom. The fraction of sp³-hybridized carbons (Fsp3) is 0.385. The molecule has 0 aromatic heterocycles. The summed E-state index contributed by atoms with van der Waals surface area (Å²) in [5.74, 6) is -0.0239. The summed E-state index contributed by atoms with van der Waals surface area (Å²) in [6, 6.07) is 6.64. The number of nitrogens with zero attached hydrogens (tertiary/aromatic N) is 1. The highest BCUT2D eigenvalue weighted by Gasteiger charge is 2.42. The molecular formula is C13H14ClNO2. The quantitative estimate of drug-likeness (QED) is 0.599. The summed E-state index contributed by atoms with van der Waals surface area (Å²) in [7, 11) is 0. The Labute approximate surface area is 105 Å². The highest BCUT2D eigenvalue weighted by Crippen LogP contribution is 2.28. The Bertz CT molecular complexity index is 453. The standard InChI is InChI=1S/C13H14ClNO2/c1-8(2)11-7-12(16)15(11)13(17)9-3-5-10(14)6-4-9/h3-6,8,11H,7H2,1-2H3/t11-/m1/s1. The first-order valence-corrected chi connectivity index (χ1v) is 6.00. The highest BCUT2D eigenvalue weighted by atomic mass is 35.5. The largest absolute Gasteiger partial charge is 0.275 e. The summed E-state index contributed by atoms with van der Waals surface area (Å²) in [5, 5.41) is 0.580. The molecule has 1 aromatic carbocycles. The zero-order chi connectivity index (χ0) is 12.6. The lowest BCUT2D eigenvalue weighted by Gasteiger charge is -2.41. The lowest BCUT2D eigenvalue weighted by molar-refractivity contribution is -0.143. The number of hydrogen-bond donors (Lipinski definition) is 0. The molecule has 0 aliphatic carbocycles. The Balaban J connectivity index is 2.19. The summed E-state index contributed by atoms with van der Waals surface area (Å²) < 4.78 is 0. The highest BCUT2D eigenvalue weighted by molar-refractivity contribution is 6.30. The molecule has 17 heavy (non-hydrogen) atoms. The van der Waals surface area contributed by atoms with E-state index in [1.54, 1.807) is 24.3 Å². The number of hydrogen-bond acceptors (Lipinski definition) is 2. The van der Waals surface area contributed by atoms with Crippen molar-refractivity contribution in [3.8, 4) is 0 Å². The maximum Gasteiger partial charge on any atom is 0.260 e. The van der Waals surface area contributed by atoms with Gasteiger partial charge in [0.05, 0.1) is 6.04 Å². The Morgan fingerprint density at radius 1 is 1.35 bits per heavy atom.